The first-order valence-corrected chi connectivity index (χ1v) is 6.99. The van der Waals surface area contributed by atoms with Crippen LogP contribution < -0.4 is 10.2 Å². The maximum Gasteiger partial charge on any atom is 0.275 e. The molecule has 0 fully saturated rings. The van der Waals surface area contributed by atoms with Gasteiger partial charge < -0.3 is 14.9 Å². The first-order valence-electron chi connectivity index (χ1n) is 6.20. The second-order valence-electron chi connectivity index (χ2n) is 4.29. The first kappa shape index (κ1) is 15.8. The molecule has 0 atom stereocenters. The number of hydrazone groups is 1. The fourth-order valence-electron chi connectivity index (χ4n) is 1.67. The molecular weight excluding hydrogens is 352 g/mol. The minimum atomic E-state index is -0.572. The minimum absolute atomic E-state index is 0.00380. The van der Waals surface area contributed by atoms with E-state index in [2.05, 4.69) is 26.5 Å². The molecule has 0 aliphatic heterocycles. The Bertz CT molecular complexity index is 731. The second-order valence-corrected chi connectivity index (χ2v) is 5.20. The van der Waals surface area contributed by atoms with Gasteiger partial charge >= 0.3 is 0 Å². The maximum atomic E-state index is 11.9. The van der Waals surface area contributed by atoms with Crippen LogP contribution in [0.1, 0.15) is 15.9 Å². The Morgan fingerprint density at radius 1 is 1.23 bits per heavy atom. The molecule has 0 spiro atoms. The summed E-state index contributed by atoms with van der Waals surface area (Å²) in [6.07, 6.45) is 1.28. The third-order valence-electron chi connectivity index (χ3n) is 2.81. The predicted molar refractivity (Wildman–Crippen MR) is 85.5 cm³/mol. The van der Waals surface area contributed by atoms with Crippen molar-refractivity contribution in [2.45, 2.75) is 0 Å². The van der Waals surface area contributed by atoms with Crippen LogP contribution >= 0.6 is 15.9 Å². The molecule has 0 saturated heterocycles. The molecule has 6 nitrogen and oxygen atoms in total. The van der Waals surface area contributed by atoms with Gasteiger partial charge in [0.1, 0.15) is 17.2 Å². The van der Waals surface area contributed by atoms with Crippen molar-refractivity contribution in [1.29, 1.82) is 0 Å². The summed E-state index contributed by atoms with van der Waals surface area (Å²) < 4.78 is 5.69. The highest BCUT2D eigenvalue weighted by atomic mass is 79.9. The van der Waals surface area contributed by atoms with Gasteiger partial charge in [0.2, 0.25) is 0 Å². The third-order valence-corrected chi connectivity index (χ3v) is 3.30. The Kier molecular flexibility index (Phi) is 5.00. The molecule has 0 unspecified atom stereocenters. The number of amides is 1. The van der Waals surface area contributed by atoms with Crippen LogP contribution in [0.5, 0.6) is 17.2 Å². The van der Waals surface area contributed by atoms with E-state index in [0.29, 0.717) is 15.8 Å². The summed E-state index contributed by atoms with van der Waals surface area (Å²) in [4.78, 5) is 11.9. The standard InChI is InChI=1S/C15H13BrN2O4/c1-22-11-3-5-13(19)9(6-11)8-17-18-15(21)12-7-10(16)2-4-14(12)20/h2-8,19-20H,1H3,(H,18,21)/b17-8+. The number of rotatable bonds is 4. The van der Waals surface area contributed by atoms with E-state index < -0.39 is 5.91 Å². The molecule has 0 bridgehead atoms. The van der Waals surface area contributed by atoms with Crippen LogP contribution in [-0.2, 0) is 0 Å². The predicted octanol–water partition coefficient (Wildman–Crippen LogP) is 2.63. The van der Waals surface area contributed by atoms with Gasteiger partial charge in [0, 0.05) is 10.0 Å². The van der Waals surface area contributed by atoms with Gasteiger partial charge in [-0.25, -0.2) is 5.43 Å². The molecule has 0 aliphatic carbocycles. The third kappa shape index (κ3) is 3.76. The fraction of sp³-hybridized carbons (Fsp3) is 0.0667. The Morgan fingerprint density at radius 3 is 2.68 bits per heavy atom. The lowest BCUT2D eigenvalue weighted by Crippen LogP contribution is -2.17. The van der Waals surface area contributed by atoms with Crippen LogP contribution in [0.25, 0.3) is 0 Å². The second kappa shape index (κ2) is 6.95. The summed E-state index contributed by atoms with van der Waals surface area (Å²) in [5.41, 5.74) is 2.75. The Balaban J connectivity index is 2.12. The molecule has 2 rings (SSSR count). The van der Waals surface area contributed by atoms with Gasteiger partial charge in [-0.15, -0.1) is 0 Å². The van der Waals surface area contributed by atoms with Crippen molar-refractivity contribution in [1.82, 2.24) is 5.43 Å². The lowest BCUT2D eigenvalue weighted by Gasteiger charge is -2.04. The molecule has 2 aromatic carbocycles. The number of benzene rings is 2. The number of carbonyl (C=O) groups is 1. The Labute approximate surface area is 135 Å². The number of phenols is 2. The van der Waals surface area contributed by atoms with Crippen LogP contribution in [0, 0.1) is 0 Å². The SMILES string of the molecule is COc1ccc(O)c(/C=N/NC(=O)c2cc(Br)ccc2O)c1. The van der Waals surface area contributed by atoms with E-state index in [-0.39, 0.29) is 17.1 Å². The summed E-state index contributed by atoms with van der Waals surface area (Å²) in [6.45, 7) is 0. The number of nitrogens with one attached hydrogen (secondary N) is 1. The van der Waals surface area contributed by atoms with Gasteiger partial charge in [-0.2, -0.15) is 5.10 Å². The zero-order valence-electron chi connectivity index (χ0n) is 11.6. The van der Waals surface area contributed by atoms with Gasteiger partial charge in [-0.3, -0.25) is 4.79 Å². The monoisotopic (exact) mass is 364 g/mol. The Morgan fingerprint density at radius 2 is 1.95 bits per heavy atom. The number of aromatic hydroxyl groups is 2. The van der Waals surface area contributed by atoms with Crippen LogP contribution in [-0.4, -0.2) is 29.4 Å². The van der Waals surface area contributed by atoms with E-state index in [1.54, 1.807) is 18.2 Å². The number of hydrogen-bond acceptors (Lipinski definition) is 5. The number of halogens is 1. The molecule has 0 aliphatic rings. The lowest BCUT2D eigenvalue weighted by molar-refractivity contribution is 0.0952. The van der Waals surface area contributed by atoms with E-state index >= 15 is 0 Å². The highest BCUT2D eigenvalue weighted by molar-refractivity contribution is 9.10. The highest BCUT2D eigenvalue weighted by Gasteiger charge is 2.10. The van der Waals surface area contributed by atoms with Crippen molar-refractivity contribution in [3.05, 3.63) is 52.0 Å². The van der Waals surface area contributed by atoms with Crippen molar-refractivity contribution in [3.8, 4) is 17.2 Å². The van der Waals surface area contributed by atoms with E-state index in [9.17, 15) is 15.0 Å². The van der Waals surface area contributed by atoms with Crippen molar-refractivity contribution in [2.75, 3.05) is 7.11 Å². The molecule has 0 aromatic heterocycles. The minimum Gasteiger partial charge on any atom is -0.507 e. The molecule has 1 amide bonds. The summed E-state index contributed by atoms with van der Waals surface area (Å²) >= 11 is 3.22. The average molecular weight is 365 g/mol. The quantitative estimate of drug-likeness (QED) is 0.574. The fourth-order valence-corrected chi connectivity index (χ4v) is 2.03. The van der Waals surface area contributed by atoms with Crippen molar-refractivity contribution >= 4 is 28.1 Å². The van der Waals surface area contributed by atoms with E-state index in [1.165, 1.54) is 31.5 Å². The van der Waals surface area contributed by atoms with Crippen LogP contribution in [0.4, 0.5) is 0 Å². The van der Waals surface area contributed by atoms with Crippen molar-refractivity contribution in [2.24, 2.45) is 5.10 Å². The zero-order chi connectivity index (χ0) is 16.1. The Hall–Kier alpha value is -2.54. The molecular formula is C15H13BrN2O4. The molecule has 0 heterocycles. The van der Waals surface area contributed by atoms with Gasteiger partial charge in [0.05, 0.1) is 18.9 Å². The van der Waals surface area contributed by atoms with Crippen molar-refractivity contribution in [3.63, 3.8) is 0 Å². The topological polar surface area (TPSA) is 91.2 Å². The van der Waals surface area contributed by atoms with E-state index in [0.717, 1.165) is 0 Å². The number of methoxy groups -OCH3 is 1. The first-order chi connectivity index (χ1) is 10.5. The average Bonchev–Trinajstić information content (AvgIpc) is 2.51. The van der Waals surface area contributed by atoms with E-state index in [1.807, 2.05) is 0 Å². The summed E-state index contributed by atoms with van der Waals surface area (Å²) in [6, 6.07) is 9.12. The molecule has 0 saturated carbocycles. The van der Waals surface area contributed by atoms with Crippen LogP contribution in [0.15, 0.2) is 46.0 Å². The van der Waals surface area contributed by atoms with Crippen molar-refractivity contribution < 1.29 is 19.7 Å². The van der Waals surface area contributed by atoms with Gasteiger partial charge in [-0.1, -0.05) is 15.9 Å². The van der Waals surface area contributed by atoms with Gasteiger partial charge in [0.15, 0.2) is 0 Å². The molecule has 0 radical (unpaired) electrons. The molecule has 7 heteroatoms. The lowest BCUT2D eigenvalue weighted by atomic mass is 10.2. The molecule has 2 aromatic rings. The van der Waals surface area contributed by atoms with Gasteiger partial charge in [0.25, 0.3) is 5.91 Å². The smallest absolute Gasteiger partial charge is 0.275 e. The van der Waals surface area contributed by atoms with E-state index in [4.69, 9.17) is 4.74 Å². The number of nitrogens with zero attached hydrogens (tertiary/aromatic N) is 1. The van der Waals surface area contributed by atoms with Crippen LogP contribution in [0.3, 0.4) is 0 Å². The summed E-state index contributed by atoms with van der Waals surface area (Å²) in [5.74, 6) is -0.170. The number of hydrogen-bond donors (Lipinski definition) is 3. The number of ether oxygens (including phenoxy) is 1. The summed E-state index contributed by atoms with van der Waals surface area (Å²) in [5, 5.41) is 23.1. The summed E-state index contributed by atoms with van der Waals surface area (Å²) in [7, 11) is 1.51. The molecule has 22 heavy (non-hydrogen) atoms. The van der Waals surface area contributed by atoms with Gasteiger partial charge in [-0.05, 0) is 36.4 Å². The maximum absolute atomic E-state index is 11.9. The number of carbonyl (C=O) groups excluding carboxylic acids is 1. The number of phenolic OH excluding ortho intramolecular Hbond substituents is 2. The molecule has 114 valence electrons. The normalized spacial score (nSPS) is 10.6. The largest absolute Gasteiger partial charge is 0.507 e. The zero-order valence-corrected chi connectivity index (χ0v) is 13.2. The van der Waals surface area contributed by atoms with Crippen LogP contribution in [0.2, 0.25) is 0 Å². The molecule has 3 N–H and O–H groups in total. The highest BCUT2D eigenvalue weighted by Crippen LogP contribution is 2.22.